The molecule has 1 heterocycles. The molecule has 2 aliphatic carbocycles. The van der Waals surface area contributed by atoms with Gasteiger partial charge in [-0.2, -0.15) is 0 Å². The van der Waals surface area contributed by atoms with Crippen LogP contribution in [0.5, 0.6) is 0 Å². The van der Waals surface area contributed by atoms with Crippen molar-refractivity contribution in [3.63, 3.8) is 0 Å². The molecule has 2 aliphatic rings. The van der Waals surface area contributed by atoms with Gasteiger partial charge in [-0.25, -0.2) is 0 Å². The Bertz CT molecular complexity index is 1310. The van der Waals surface area contributed by atoms with E-state index < -0.39 is 5.54 Å². The molecular formula is C25H22N2O3. The van der Waals surface area contributed by atoms with Crippen LogP contribution in [0.15, 0.2) is 70.1 Å². The van der Waals surface area contributed by atoms with Crippen molar-refractivity contribution in [1.29, 1.82) is 0 Å². The lowest BCUT2D eigenvalue weighted by Crippen LogP contribution is -2.25. The largest absolute Gasteiger partial charge is 0.439 e. The molecule has 5 heteroatoms. The number of hydrogen-bond donors (Lipinski definition) is 1. The first-order valence-corrected chi connectivity index (χ1v) is 9.69. The van der Waals surface area contributed by atoms with Crippen LogP contribution in [0.1, 0.15) is 47.1 Å². The third kappa shape index (κ3) is 3.28. The number of carbonyl (C=O) groups excluding carboxylic acids is 2. The summed E-state index contributed by atoms with van der Waals surface area (Å²) in [5.41, 5.74) is 8.70. The number of anilines is 1. The third-order valence-electron chi connectivity index (χ3n) is 4.83. The monoisotopic (exact) mass is 398 g/mol. The quantitative estimate of drug-likeness (QED) is 0.394. The maximum atomic E-state index is 13.4. The van der Waals surface area contributed by atoms with E-state index in [0.717, 1.165) is 17.4 Å². The molecule has 0 saturated carbocycles. The zero-order valence-electron chi connectivity index (χ0n) is 17.1. The Labute approximate surface area is 174 Å². The van der Waals surface area contributed by atoms with Crippen LogP contribution in [0, 0.1) is 0 Å². The van der Waals surface area contributed by atoms with Crippen molar-refractivity contribution in [2.45, 2.75) is 26.3 Å². The Morgan fingerprint density at radius 2 is 1.57 bits per heavy atom. The van der Waals surface area contributed by atoms with Gasteiger partial charge in [-0.05, 0) is 31.9 Å². The average molecular weight is 398 g/mol. The van der Waals surface area contributed by atoms with Crippen LogP contribution in [-0.2, 0) is 0 Å². The summed E-state index contributed by atoms with van der Waals surface area (Å²) in [4.78, 5) is 30.2. The summed E-state index contributed by atoms with van der Waals surface area (Å²) < 4.78 is 5.89. The third-order valence-corrected chi connectivity index (χ3v) is 4.83. The molecule has 0 atom stereocenters. The number of fused-ring (bicyclic) bond motifs is 3. The topological polar surface area (TPSA) is 85.7 Å². The van der Waals surface area contributed by atoms with Gasteiger partial charge in [0.25, 0.3) is 0 Å². The molecule has 0 radical (unpaired) electrons. The van der Waals surface area contributed by atoms with E-state index in [1.807, 2.05) is 57.2 Å². The Balaban J connectivity index is 2.23. The van der Waals surface area contributed by atoms with Crippen LogP contribution in [0.4, 0.5) is 5.88 Å². The number of rotatable bonds is 3. The minimum absolute atomic E-state index is 0.0536. The zero-order chi connectivity index (χ0) is 21.5. The molecule has 0 unspecified atom stereocenters. The van der Waals surface area contributed by atoms with Crippen LogP contribution in [0.3, 0.4) is 0 Å². The maximum Gasteiger partial charge on any atom is 0.204 e. The molecule has 4 rings (SSSR count). The molecule has 5 nitrogen and oxygen atoms in total. The summed E-state index contributed by atoms with van der Waals surface area (Å²) in [5, 5.41) is 1.06. The molecule has 30 heavy (non-hydrogen) atoms. The van der Waals surface area contributed by atoms with Crippen molar-refractivity contribution >= 4 is 28.9 Å². The number of hydrogen-bond acceptors (Lipinski definition) is 5. The van der Waals surface area contributed by atoms with Crippen molar-refractivity contribution in [2.75, 3.05) is 5.73 Å². The van der Waals surface area contributed by atoms with Crippen LogP contribution < -0.4 is 11.1 Å². The van der Waals surface area contributed by atoms with Gasteiger partial charge in [-0.1, -0.05) is 60.7 Å². The first-order valence-electron chi connectivity index (χ1n) is 9.69. The van der Waals surface area contributed by atoms with E-state index in [-0.39, 0.29) is 17.2 Å². The fraction of sp³-hybridized carbons (Fsp3) is 0.160. The number of carbonyl (C=O) groups is 2. The molecule has 1 aromatic heterocycles. The molecule has 0 spiro atoms. The van der Waals surface area contributed by atoms with E-state index in [1.54, 1.807) is 24.3 Å². The van der Waals surface area contributed by atoms with Gasteiger partial charge in [-0.3, -0.25) is 14.6 Å². The van der Waals surface area contributed by atoms with E-state index in [0.29, 0.717) is 27.5 Å². The second kappa shape index (κ2) is 7.26. The van der Waals surface area contributed by atoms with Crippen molar-refractivity contribution in [1.82, 2.24) is 0 Å². The van der Waals surface area contributed by atoms with Crippen molar-refractivity contribution < 1.29 is 14.0 Å². The Morgan fingerprint density at radius 3 is 2.17 bits per heavy atom. The predicted molar refractivity (Wildman–Crippen MR) is 118 cm³/mol. The number of aldehydes is 1. The fourth-order valence-electron chi connectivity index (χ4n) is 3.64. The Kier molecular flexibility index (Phi) is 4.74. The minimum atomic E-state index is -0.492. The maximum absolute atomic E-state index is 13.4. The highest BCUT2D eigenvalue weighted by Gasteiger charge is 2.27. The smallest absolute Gasteiger partial charge is 0.204 e. The standard InChI is InChI=1S/C25H22N2O3/c1-25(2,3)27-21-19-17-13-9-5-8-12-16(17)18(14-28)23(19)30-24(26)20(21)22(29)15-10-6-4-7-11-15/h4-14H,26H2,1-3H3. The van der Waals surface area contributed by atoms with Gasteiger partial charge in [-0.15, -0.1) is 0 Å². The molecule has 2 N–H and O–H groups in total. The summed E-state index contributed by atoms with van der Waals surface area (Å²) >= 11 is 0. The Morgan fingerprint density at radius 1 is 0.967 bits per heavy atom. The summed E-state index contributed by atoms with van der Waals surface area (Å²) in [6.45, 7) is 5.84. The van der Waals surface area contributed by atoms with Crippen molar-refractivity contribution in [2.24, 2.45) is 4.99 Å². The SMILES string of the molecule is CC(C)(C)N=c1c(C(=O)c2ccccc2)c(N)oc2c(C=O)c3cccccc-3c12. The highest BCUT2D eigenvalue weighted by Crippen LogP contribution is 2.37. The first kappa shape index (κ1) is 19.6. The molecule has 0 amide bonds. The average Bonchev–Trinajstić information content (AvgIpc) is 2.83. The molecule has 0 bridgehead atoms. The second-order valence-corrected chi connectivity index (χ2v) is 8.14. The highest BCUT2D eigenvalue weighted by molar-refractivity contribution is 6.17. The molecule has 0 saturated heterocycles. The van der Waals surface area contributed by atoms with Gasteiger partial charge in [0.1, 0.15) is 5.56 Å². The fourth-order valence-corrected chi connectivity index (χ4v) is 3.64. The number of nitrogens with two attached hydrogens (primary N) is 1. The first-order chi connectivity index (χ1) is 14.3. The van der Waals surface area contributed by atoms with E-state index in [9.17, 15) is 9.59 Å². The van der Waals surface area contributed by atoms with E-state index in [4.69, 9.17) is 15.1 Å². The van der Waals surface area contributed by atoms with Crippen molar-refractivity contribution in [3.05, 3.63) is 82.7 Å². The summed E-state index contributed by atoms with van der Waals surface area (Å²) in [7, 11) is 0. The van der Waals surface area contributed by atoms with Gasteiger partial charge in [0.2, 0.25) is 11.7 Å². The lowest BCUT2D eigenvalue weighted by atomic mass is 10.0. The van der Waals surface area contributed by atoms with Gasteiger partial charge in [0.15, 0.2) is 11.9 Å². The predicted octanol–water partition coefficient (Wildman–Crippen LogP) is 4.86. The van der Waals surface area contributed by atoms with Crippen LogP contribution >= 0.6 is 0 Å². The van der Waals surface area contributed by atoms with Crippen LogP contribution in [0.25, 0.3) is 22.1 Å². The second-order valence-electron chi connectivity index (χ2n) is 8.14. The molecule has 0 aliphatic heterocycles. The van der Waals surface area contributed by atoms with Gasteiger partial charge in [0, 0.05) is 5.56 Å². The minimum Gasteiger partial charge on any atom is -0.439 e. The lowest BCUT2D eigenvalue weighted by molar-refractivity contribution is 0.103. The zero-order valence-corrected chi connectivity index (χ0v) is 17.1. The van der Waals surface area contributed by atoms with E-state index in [1.165, 1.54) is 0 Å². The van der Waals surface area contributed by atoms with Crippen LogP contribution in [0.2, 0.25) is 0 Å². The number of nitrogen functional groups attached to an aromatic ring is 1. The molecule has 2 aromatic rings. The summed E-state index contributed by atoms with van der Waals surface area (Å²) in [6.07, 6.45) is 0.757. The van der Waals surface area contributed by atoms with Crippen LogP contribution in [-0.4, -0.2) is 17.6 Å². The molecular weight excluding hydrogens is 376 g/mol. The van der Waals surface area contributed by atoms with Crippen molar-refractivity contribution in [3.8, 4) is 11.1 Å². The number of benzene rings is 1. The molecule has 1 aromatic carbocycles. The highest BCUT2D eigenvalue weighted by atomic mass is 16.3. The lowest BCUT2D eigenvalue weighted by Gasteiger charge is -2.14. The number of ketones is 1. The van der Waals surface area contributed by atoms with E-state index >= 15 is 0 Å². The summed E-state index contributed by atoms with van der Waals surface area (Å²) in [5.74, 6) is -0.328. The number of nitrogens with zero attached hydrogens (tertiary/aromatic N) is 1. The van der Waals surface area contributed by atoms with Gasteiger partial charge < -0.3 is 10.2 Å². The normalized spacial score (nSPS) is 12.4. The molecule has 0 fully saturated rings. The summed E-state index contributed by atoms with van der Waals surface area (Å²) in [6, 6.07) is 18.3. The van der Waals surface area contributed by atoms with Gasteiger partial charge in [0.05, 0.1) is 21.8 Å². The molecule has 150 valence electrons. The Hall–Kier alpha value is -3.73. The van der Waals surface area contributed by atoms with E-state index in [2.05, 4.69) is 0 Å². The van der Waals surface area contributed by atoms with Gasteiger partial charge >= 0.3 is 0 Å².